The number of Topliss-reactive ketones (excluding diaryl/α,β-unsaturated/α-hetero) is 1. The molecule has 1 aromatic heterocycles. The Kier molecular flexibility index (Phi) is 3.26. The number of pyridine rings is 1. The van der Waals surface area contributed by atoms with Crippen molar-refractivity contribution < 1.29 is 14.7 Å². The van der Waals surface area contributed by atoms with Crippen molar-refractivity contribution in [1.82, 2.24) is 4.98 Å². The number of dihydropyridines is 1. The van der Waals surface area contributed by atoms with Crippen LogP contribution in [-0.4, -0.2) is 34.2 Å². The molecule has 98 valence electrons. The van der Waals surface area contributed by atoms with Crippen molar-refractivity contribution in [3.05, 3.63) is 41.7 Å². The van der Waals surface area contributed by atoms with Crippen molar-refractivity contribution in [2.24, 2.45) is 16.1 Å². The predicted molar refractivity (Wildman–Crippen MR) is 69.0 cm³/mol. The minimum atomic E-state index is -1.87. The van der Waals surface area contributed by atoms with Crippen molar-refractivity contribution >= 4 is 18.0 Å². The Morgan fingerprint density at radius 3 is 2.79 bits per heavy atom. The number of nitrogens with zero attached hydrogens (tertiary/aromatic N) is 2. The summed E-state index contributed by atoms with van der Waals surface area (Å²) in [7, 11) is 0. The molecule has 1 aromatic rings. The first-order valence-corrected chi connectivity index (χ1v) is 5.66. The number of allylic oxidation sites excluding steroid dienone is 1. The number of carbonyl (C=O) groups is 2. The first kappa shape index (κ1) is 13.1. The Morgan fingerprint density at radius 2 is 2.21 bits per heavy atom. The zero-order chi connectivity index (χ0) is 14.0. The summed E-state index contributed by atoms with van der Waals surface area (Å²) in [5.41, 5.74) is 4.56. The number of carboxylic acids is 1. The molecular weight excluding hydrogens is 246 g/mol. The van der Waals surface area contributed by atoms with Crippen molar-refractivity contribution in [2.75, 3.05) is 0 Å². The van der Waals surface area contributed by atoms with Gasteiger partial charge in [-0.1, -0.05) is 6.08 Å². The number of aliphatic imine (C=N–C) groups is 1. The van der Waals surface area contributed by atoms with Gasteiger partial charge in [-0.25, -0.2) is 0 Å². The molecule has 0 aliphatic carbocycles. The van der Waals surface area contributed by atoms with E-state index >= 15 is 0 Å². The Hall–Kier alpha value is -2.34. The Balaban J connectivity index is 2.56. The first-order valence-electron chi connectivity index (χ1n) is 5.66. The molecule has 2 rings (SSSR count). The van der Waals surface area contributed by atoms with Gasteiger partial charge in [0.25, 0.3) is 0 Å². The largest absolute Gasteiger partial charge is 0.480 e. The van der Waals surface area contributed by atoms with E-state index in [1.165, 1.54) is 30.6 Å². The highest BCUT2D eigenvalue weighted by Gasteiger charge is 2.50. The topological polar surface area (TPSA) is 106 Å². The molecule has 0 bridgehead atoms. The van der Waals surface area contributed by atoms with E-state index in [1.54, 1.807) is 13.0 Å². The summed E-state index contributed by atoms with van der Waals surface area (Å²) in [6.07, 6.45) is 4.47. The monoisotopic (exact) mass is 259 g/mol. The number of carboxylic acid groups (broad SMARTS) is 1. The molecule has 6 nitrogen and oxygen atoms in total. The fourth-order valence-corrected chi connectivity index (χ4v) is 2.01. The van der Waals surface area contributed by atoms with Crippen LogP contribution in [0.5, 0.6) is 0 Å². The number of aromatic nitrogens is 1. The molecule has 2 atom stereocenters. The van der Waals surface area contributed by atoms with Gasteiger partial charge in [-0.2, -0.15) is 0 Å². The van der Waals surface area contributed by atoms with Gasteiger partial charge < -0.3 is 10.8 Å². The quantitative estimate of drug-likeness (QED) is 0.609. The number of nitrogens with two attached hydrogens (primary N) is 1. The molecule has 1 aliphatic rings. The van der Waals surface area contributed by atoms with Crippen LogP contribution in [0.15, 0.2) is 35.5 Å². The smallest absolute Gasteiger partial charge is 0.325 e. The molecule has 0 saturated heterocycles. The van der Waals surface area contributed by atoms with Gasteiger partial charge >= 0.3 is 5.97 Å². The Labute approximate surface area is 109 Å². The number of hydrogen-bond acceptors (Lipinski definition) is 5. The van der Waals surface area contributed by atoms with Gasteiger partial charge in [-0.15, -0.1) is 0 Å². The van der Waals surface area contributed by atoms with Gasteiger partial charge in [0.15, 0.2) is 11.2 Å². The lowest BCUT2D eigenvalue weighted by Crippen LogP contribution is -2.52. The van der Waals surface area contributed by atoms with E-state index in [2.05, 4.69) is 9.98 Å². The summed E-state index contributed by atoms with van der Waals surface area (Å²) in [5.74, 6) is -1.92. The molecule has 1 aliphatic heterocycles. The molecule has 0 radical (unpaired) electrons. The summed E-state index contributed by atoms with van der Waals surface area (Å²) in [6.45, 7) is 1.64. The zero-order valence-corrected chi connectivity index (χ0v) is 10.3. The van der Waals surface area contributed by atoms with Crippen LogP contribution in [0, 0.1) is 12.3 Å². The van der Waals surface area contributed by atoms with Crippen LogP contribution < -0.4 is 5.73 Å². The second kappa shape index (κ2) is 4.74. The maximum Gasteiger partial charge on any atom is 0.325 e. The van der Waals surface area contributed by atoms with Crippen LogP contribution in [0.4, 0.5) is 0 Å². The van der Waals surface area contributed by atoms with Gasteiger partial charge in [0, 0.05) is 23.7 Å². The average molecular weight is 259 g/mol. The van der Waals surface area contributed by atoms with Crippen LogP contribution in [0.3, 0.4) is 0 Å². The summed E-state index contributed by atoms with van der Waals surface area (Å²) < 4.78 is 0. The molecule has 0 spiro atoms. The van der Waals surface area contributed by atoms with Gasteiger partial charge in [-0.3, -0.25) is 19.6 Å². The average Bonchev–Trinajstić information content (AvgIpc) is 2.39. The van der Waals surface area contributed by atoms with E-state index in [1.807, 2.05) is 0 Å². The predicted octanol–water partition coefficient (Wildman–Crippen LogP) is 0.569. The van der Waals surface area contributed by atoms with Crippen molar-refractivity contribution in [2.45, 2.75) is 13.1 Å². The number of aryl methyl sites for hydroxylation is 1. The molecule has 0 saturated carbocycles. The molecule has 6 heteroatoms. The second-order valence-electron chi connectivity index (χ2n) is 4.24. The third kappa shape index (κ3) is 1.96. The van der Waals surface area contributed by atoms with E-state index < -0.39 is 23.3 Å². The van der Waals surface area contributed by atoms with Crippen molar-refractivity contribution in [3.8, 4) is 0 Å². The van der Waals surface area contributed by atoms with Crippen LogP contribution >= 0.6 is 0 Å². The minimum Gasteiger partial charge on any atom is -0.480 e. The Morgan fingerprint density at radius 1 is 1.47 bits per heavy atom. The Bertz CT molecular complexity index is 595. The normalized spacial score (nSPS) is 25.3. The van der Waals surface area contributed by atoms with E-state index in [0.717, 1.165) is 0 Å². The van der Waals surface area contributed by atoms with E-state index in [-0.39, 0.29) is 5.56 Å². The molecule has 0 amide bonds. The number of rotatable bonds is 3. The molecule has 3 N–H and O–H groups in total. The maximum atomic E-state index is 12.6. The molecular formula is C13H13N3O3. The van der Waals surface area contributed by atoms with Crippen LogP contribution in [0.2, 0.25) is 0 Å². The molecule has 2 unspecified atom stereocenters. The van der Waals surface area contributed by atoms with E-state index in [0.29, 0.717) is 5.69 Å². The maximum absolute atomic E-state index is 12.6. The lowest BCUT2D eigenvalue weighted by molar-refractivity contribution is -0.144. The summed E-state index contributed by atoms with van der Waals surface area (Å²) in [5, 5.41) is 9.44. The fourth-order valence-electron chi connectivity index (χ4n) is 2.01. The van der Waals surface area contributed by atoms with Crippen molar-refractivity contribution in [1.29, 1.82) is 0 Å². The highest BCUT2D eigenvalue weighted by atomic mass is 16.4. The number of carbonyl (C=O) groups excluding carboxylic acids is 1. The zero-order valence-electron chi connectivity index (χ0n) is 10.3. The highest BCUT2D eigenvalue weighted by molar-refractivity contribution is 6.15. The van der Waals surface area contributed by atoms with Gasteiger partial charge in [0.2, 0.25) is 0 Å². The third-order valence-electron chi connectivity index (χ3n) is 3.14. The third-order valence-corrected chi connectivity index (χ3v) is 3.14. The number of hydrogen-bond donors (Lipinski definition) is 2. The lowest BCUT2D eigenvalue weighted by atomic mass is 9.76. The van der Waals surface area contributed by atoms with Crippen LogP contribution in [-0.2, 0) is 4.79 Å². The van der Waals surface area contributed by atoms with E-state index in [9.17, 15) is 14.7 Å². The van der Waals surface area contributed by atoms with Crippen molar-refractivity contribution in [3.63, 3.8) is 0 Å². The summed E-state index contributed by atoms with van der Waals surface area (Å²) >= 11 is 0. The van der Waals surface area contributed by atoms with E-state index in [4.69, 9.17) is 5.73 Å². The summed E-state index contributed by atoms with van der Waals surface area (Å²) in [4.78, 5) is 32.0. The second-order valence-corrected chi connectivity index (χ2v) is 4.24. The summed E-state index contributed by atoms with van der Waals surface area (Å²) in [6, 6.07) is 3.12. The number of ketones is 1. The van der Waals surface area contributed by atoms with Gasteiger partial charge in [0.1, 0.15) is 6.17 Å². The van der Waals surface area contributed by atoms with Gasteiger partial charge in [-0.05, 0) is 25.1 Å². The first-order chi connectivity index (χ1) is 9.00. The highest BCUT2D eigenvalue weighted by Crippen LogP contribution is 2.31. The number of aliphatic carboxylic acids is 1. The standard InChI is InChI=1S/C13H13N3O3/c1-8-9(4-2-6-15-8)10(17)13(12(18)19)5-3-7-16-11(13)14/h2-7,11H,14H2,1H3,(H,18,19). The van der Waals surface area contributed by atoms with Gasteiger partial charge in [0.05, 0.1) is 0 Å². The van der Waals surface area contributed by atoms with Crippen LogP contribution in [0.1, 0.15) is 16.1 Å². The molecule has 19 heavy (non-hydrogen) atoms. The van der Waals surface area contributed by atoms with Crippen LogP contribution in [0.25, 0.3) is 0 Å². The minimum absolute atomic E-state index is 0.238. The molecule has 0 aromatic carbocycles. The SMILES string of the molecule is Cc1ncccc1C(=O)C1(C(=O)O)C=CC=NC1N. The lowest BCUT2D eigenvalue weighted by Gasteiger charge is -2.30. The molecule has 0 fully saturated rings. The fraction of sp³-hybridized carbons (Fsp3) is 0.231. The molecule has 2 heterocycles.